The molecule has 4 N–H and O–H groups in total. The van der Waals surface area contributed by atoms with Gasteiger partial charge in [-0.2, -0.15) is 0 Å². The zero-order chi connectivity index (χ0) is 21.8. The van der Waals surface area contributed by atoms with Gasteiger partial charge in [-0.25, -0.2) is 0 Å². The molecule has 1 aromatic rings. The average Bonchev–Trinajstić information content (AvgIpc) is 2.84. The highest BCUT2D eigenvalue weighted by molar-refractivity contribution is 5.96. The van der Waals surface area contributed by atoms with E-state index in [0.29, 0.717) is 13.1 Å². The van der Waals surface area contributed by atoms with Gasteiger partial charge in [0, 0.05) is 28.9 Å². The number of hydrogen-bond acceptors (Lipinski definition) is 4. The van der Waals surface area contributed by atoms with Crippen molar-refractivity contribution in [1.82, 2.24) is 16.0 Å². The van der Waals surface area contributed by atoms with Gasteiger partial charge in [0.2, 0.25) is 11.8 Å². The average molecular weight is 401 g/mol. The normalized spacial score (nSPS) is 18.1. The van der Waals surface area contributed by atoms with E-state index >= 15 is 0 Å². The standard InChI is InChI=1S/C23H36N4O2/c1-15-10-8-11-16(2)19(15)26-20(28)17(3)24-12-9-13-25-21(29)18-14-22(4,5)27-23(18,6)7/h8,10-11,14,17,24,27H,9,12-13H2,1-7H3,(H,25,29)(H,26,28). The van der Waals surface area contributed by atoms with E-state index < -0.39 is 0 Å². The van der Waals surface area contributed by atoms with Crippen molar-refractivity contribution in [3.05, 3.63) is 41.0 Å². The molecule has 1 atom stereocenters. The van der Waals surface area contributed by atoms with Crippen LogP contribution in [0.3, 0.4) is 0 Å². The predicted molar refractivity (Wildman–Crippen MR) is 119 cm³/mol. The lowest BCUT2D eigenvalue weighted by atomic mass is 9.96. The van der Waals surface area contributed by atoms with Crippen molar-refractivity contribution in [3.8, 4) is 0 Å². The van der Waals surface area contributed by atoms with Gasteiger partial charge in [0.05, 0.1) is 6.04 Å². The van der Waals surface area contributed by atoms with E-state index in [9.17, 15) is 9.59 Å². The molecule has 0 spiro atoms. The monoisotopic (exact) mass is 400 g/mol. The Morgan fingerprint density at radius 3 is 2.24 bits per heavy atom. The molecule has 160 valence electrons. The Morgan fingerprint density at radius 2 is 1.69 bits per heavy atom. The minimum atomic E-state index is -0.341. The summed E-state index contributed by atoms with van der Waals surface area (Å²) in [5.41, 5.74) is 3.23. The topological polar surface area (TPSA) is 82.3 Å². The lowest BCUT2D eigenvalue weighted by Gasteiger charge is -2.27. The predicted octanol–water partition coefficient (Wildman–Crippen LogP) is 2.81. The minimum absolute atomic E-state index is 0.0334. The molecule has 6 nitrogen and oxygen atoms in total. The second kappa shape index (κ2) is 9.09. The van der Waals surface area contributed by atoms with E-state index in [1.807, 2.05) is 58.9 Å². The van der Waals surface area contributed by atoms with Crippen molar-refractivity contribution in [2.45, 2.75) is 72.0 Å². The van der Waals surface area contributed by atoms with Crippen molar-refractivity contribution >= 4 is 17.5 Å². The Labute approximate surface area is 174 Å². The lowest BCUT2D eigenvalue weighted by molar-refractivity contribution is -0.118. The fourth-order valence-electron chi connectivity index (χ4n) is 3.84. The maximum Gasteiger partial charge on any atom is 0.248 e. The van der Waals surface area contributed by atoms with Gasteiger partial charge < -0.3 is 16.0 Å². The zero-order valence-corrected chi connectivity index (χ0v) is 18.8. The van der Waals surface area contributed by atoms with Crippen LogP contribution in [0.4, 0.5) is 5.69 Å². The molecule has 2 rings (SSSR count). The van der Waals surface area contributed by atoms with Crippen LogP contribution < -0.4 is 21.3 Å². The zero-order valence-electron chi connectivity index (χ0n) is 18.8. The summed E-state index contributed by atoms with van der Waals surface area (Å²) in [5, 5.41) is 12.7. The summed E-state index contributed by atoms with van der Waals surface area (Å²) in [7, 11) is 0. The van der Waals surface area contributed by atoms with Crippen molar-refractivity contribution in [3.63, 3.8) is 0 Å². The number of aryl methyl sites for hydroxylation is 2. The van der Waals surface area contributed by atoms with Gasteiger partial charge in [-0.05, 0) is 72.6 Å². The van der Waals surface area contributed by atoms with Crippen LogP contribution in [-0.2, 0) is 9.59 Å². The molecule has 1 aliphatic heterocycles. The molecule has 29 heavy (non-hydrogen) atoms. The van der Waals surface area contributed by atoms with Gasteiger partial charge in [0.15, 0.2) is 0 Å². The minimum Gasteiger partial charge on any atom is -0.352 e. The van der Waals surface area contributed by atoms with Crippen LogP contribution in [0, 0.1) is 13.8 Å². The number of benzene rings is 1. The fraction of sp³-hybridized carbons (Fsp3) is 0.565. The third-order valence-electron chi connectivity index (χ3n) is 5.27. The van der Waals surface area contributed by atoms with Gasteiger partial charge in [0.25, 0.3) is 0 Å². The molecule has 0 saturated carbocycles. The molecular formula is C23H36N4O2. The van der Waals surface area contributed by atoms with E-state index in [1.54, 1.807) is 0 Å². The highest BCUT2D eigenvalue weighted by atomic mass is 16.2. The summed E-state index contributed by atoms with van der Waals surface area (Å²) < 4.78 is 0. The van der Waals surface area contributed by atoms with Gasteiger partial charge in [-0.15, -0.1) is 0 Å². The number of para-hydroxylation sites is 1. The van der Waals surface area contributed by atoms with Gasteiger partial charge in [0.1, 0.15) is 0 Å². The summed E-state index contributed by atoms with van der Waals surface area (Å²) in [5.74, 6) is -0.0912. The van der Waals surface area contributed by atoms with Crippen molar-refractivity contribution in [2.24, 2.45) is 0 Å². The van der Waals surface area contributed by atoms with Crippen molar-refractivity contribution < 1.29 is 9.59 Å². The van der Waals surface area contributed by atoms with Crippen LogP contribution in [0.25, 0.3) is 0 Å². The Balaban J connectivity index is 1.74. The third-order valence-corrected chi connectivity index (χ3v) is 5.27. The Bertz CT molecular complexity index is 776. The van der Waals surface area contributed by atoms with Gasteiger partial charge in [-0.1, -0.05) is 24.3 Å². The first-order chi connectivity index (χ1) is 13.4. The van der Waals surface area contributed by atoms with E-state index in [1.165, 1.54) is 0 Å². The van der Waals surface area contributed by atoms with Crippen LogP contribution in [0.5, 0.6) is 0 Å². The van der Waals surface area contributed by atoms with Crippen LogP contribution in [0.2, 0.25) is 0 Å². The molecule has 1 aliphatic rings. The second-order valence-corrected chi connectivity index (χ2v) is 9.07. The summed E-state index contributed by atoms with van der Waals surface area (Å²) in [6.45, 7) is 15.2. The Hall–Kier alpha value is -2.18. The molecule has 1 heterocycles. The van der Waals surface area contributed by atoms with E-state index in [0.717, 1.165) is 28.8 Å². The molecule has 0 bridgehead atoms. The molecule has 0 fully saturated rings. The number of carbonyl (C=O) groups excluding carboxylic acids is 2. The van der Waals surface area contributed by atoms with Crippen LogP contribution in [0.15, 0.2) is 29.8 Å². The lowest BCUT2D eigenvalue weighted by Crippen LogP contribution is -2.47. The van der Waals surface area contributed by atoms with Gasteiger partial charge in [-0.3, -0.25) is 14.9 Å². The first kappa shape index (κ1) is 23.1. The van der Waals surface area contributed by atoms with Crippen LogP contribution >= 0.6 is 0 Å². The largest absolute Gasteiger partial charge is 0.352 e. The molecule has 0 saturated heterocycles. The van der Waals surface area contributed by atoms with E-state index in [4.69, 9.17) is 0 Å². The fourth-order valence-corrected chi connectivity index (χ4v) is 3.84. The van der Waals surface area contributed by atoms with Crippen LogP contribution in [0.1, 0.15) is 52.2 Å². The maximum atomic E-state index is 12.5. The Morgan fingerprint density at radius 1 is 1.07 bits per heavy atom. The SMILES string of the molecule is Cc1cccc(C)c1NC(=O)C(C)NCCCNC(=O)C1=CC(C)(C)NC1(C)C. The number of carbonyl (C=O) groups is 2. The second-order valence-electron chi connectivity index (χ2n) is 9.07. The molecule has 2 amide bonds. The highest BCUT2D eigenvalue weighted by Gasteiger charge is 2.39. The summed E-state index contributed by atoms with van der Waals surface area (Å²) in [6, 6.07) is 5.64. The number of amides is 2. The van der Waals surface area contributed by atoms with E-state index in [2.05, 4.69) is 35.1 Å². The summed E-state index contributed by atoms with van der Waals surface area (Å²) in [4.78, 5) is 25.0. The van der Waals surface area contributed by atoms with Crippen molar-refractivity contribution in [2.75, 3.05) is 18.4 Å². The third kappa shape index (κ3) is 6.15. The highest BCUT2D eigenvalue weighted by Crippen LogP contribution is 2.29. The first-order valence-electron chi connectivity index (χ1n) is 10.3. The first-order valence-corrected chi connectivity index (χ1v) is 10.3. The number of hydrogen-bond donors (Lipinski definition) is 4. The number of nitrogens with one attached hydrogen (secondary N) is 4. The van der Waals surface area contributed by atoms with Crippen molar-refractivity contribution in [1.29, 1.82) is 0 Å². The molecule has 6 heteroatoms. The molecule has 1 unspecified atom stereocenters. The molecule has 0 aromatic heterocycles. The van der Waals surface area contributed by atoms with Gasteiger partial charge >= 0.3 is 0 Å². The summed E-state index contributed by atoms with van der Waals surface area (Å²) >= 11 is 0. The Kier molecular flexibility index (Phi) is 7.25. The smallest absolute Gasteiger partial charge is 0.248 e. The maximum absolute atomic E-state index is 12.5. The molecular weight excluding hydrogens is 364 g/mol. The summed E-state index contributed by atoms with van der Waals surface area (Å²) in [6.07, 6.45) is 2.75. The number of rotatable bonds is 8. The van der Waals surface area contributed by atoms with E-state index in [-0.39, 0.29) is 28.9 Å². The molecule has 0 aliphatic carbocycles. The molecule has 0 radical (unpaired) electrons. The van der Waals surface area contributed by atoms with Crippen LogP contribution in [-0.4, -0.2) is 42.0 Å². The quantitative estimate of drug-likeness (QED) is 0.506. The number of anilines is 1. The molecule has 1 aromatic carbocycles.